The van der Waals surface area contributed by atoms with Crippen LogP contribution in [-0.4, -0.2) is 20.9 Å². The predicted octanol–water partition coefficient (Wildman–Crippen LogP) is 2.02. The van der Waals surface area contributed by atoms with Gasteiger partial charge in [-0.3, -0.25) is 4.98 Å². The Hall–Kier alpha value is -2.40. The second-order valence-electron chi connectivity index (χ2n) is 4.12. The van der Waals surface area contributed by atoms with Crippen LogP contribution < -0.4 is 10.5 Å². The van der Waals surface area contributed by atoms with Gasteiger partial charge in [0.2, 0.25) is 5.88 Å². The molecule has 0 unspecified atom stereocenters. The van der Waals surface area contributed by atoms with Gasteiger partial charge >= 0.3 is 0 Å². The van der Waals surface area contributed by atoms with Gasteiger partial charge in [-0.05, 0) is 30.8 Å². The molecule has 3 aromatic rings. The van der Waals surface area contributed by atoms with E-state index >= 15 is 0 Å². The van der Waals surface area contributed by atoms with Crippen molar-refractivity contribution < 1.29 is 4.74 Å². The monoisotopic (exact) mass is 254 g/mol. The molecule has 2 N–H and O–H groups in total. The highest BCUT2D eigenvalue weighted by Gasteiger charge is 2.13. The van der Waals surface area contributed by atoms with Crippen molar-refractivity contribution in [3.8, 4) is 11.6 Å². The molecule has 0 aliphatic heterocycles. The third-order valence-electron chi connectivity index (χ3n) is 2.82. The number of rotatable bonds is 4. The summed E-state index contributed by atoms with van der Waals surface area (Å²) in [5, 5.41) is 0. The Bertz CT molecular complexity index is 678. The summed E-state index contributed by atoms with van der Waals surface area (Å²) in [4.78, 5) is 8.51. The second kappa shape index (κ2) is 5.07. The summed E-state index contributed by atoms with van der Waals surface area (Å²) in [6, 6.07) is 9.53. The van der Waals surface area contributed by atoms with Gasteiger partial charge in [0.05, 0.1) is 11.9 Å². The molecule has 0 saturated carbocycles. The van der Waals surface area contributed by atoms with E-state index in [2.05, 4.69) is 9.97 Å². The summed E-state index contributed by atoms with van der Waals surface area (Å²) in [5.41, 5.74) is 7.49. The van der Waals surface area contributed by atoms with Crippen LogP contribution in [0.1, 0.15) is 5.69 Å². The quantitative estimate of drug-likeness (QED) is 0.773. The van der Waals surface area contributed by atoms with Crippen molar-refractivity contribution in [3.05, 3.63) is 54.6 Å². The van der Waals surface area contributed by atoms with Crippen molar-refractivity contribution in [2.45, 2.75) is 6.42 Å². The summed E-state index contributed by atoms with van der Waals surface area (Å²) >= 11 is 0. The molecule has 0 spiro atoms. The normalized spacial score (nSPS) is 10.8. The third kappa shape index (κ3) is 2.28. The molecule has 96 valence electrons. The van der Waals surface area contributed by atoms with Gasteiger partial charge in [0.25, 0.3) is 0 Å². The van der Waals surface area contributed by atoms with Crippen LogP contribution in [0.25, 0.3) is 5.65 Å². The molecule has 0 aliphatic rings. The lowest BCUT2D eigenvalue weighted by Gasteiger charge is -2.04. The molecule has 3 aromatic heterocycles. The highest BCUT2D eigenvalue weighted by molar-refractivity contribution is 5.46. The number of ether oxygens (including phenoxy) is 1. The summed E-state index contributed by atoms with van der Waals surface area (Å²) in [7, 11) is 0. The first kappa shape index (κ1) is 11.7. The van der Waals surface area contributed by atoms with Crippen molar-refractivity contribution in [2.24, 2.45) is 5.73 Å². The van der Waals surface area contributed by atoms with Gasteiger partial charge < -0.3 is 14.9 Å². The van der Waals surface area contributed by atoms with E-state index in [0.29, 0.717) is 24.6 Å². The van der Waals surface area contributed by atoms with Crippen LogP contribution in [0.3, 0.4) is 0 Å². The minimum atomic E-state index is 0.548. The van der Waals surface area contributed by atoms with E-state index < -0.39 is 0 Å². The van der Waals surface area contributed by atoms with E-state index in [1.807, 2.05) is 40.9 Å². The number of imidazole rings is 1. The highest BCUT2D eigenvalue weighted by Crippen LogP contribution is 2.25. The van der Waals surface area contributed by atoms with Crippen molar-refractivity contribution in [3.63, 3.8) is 0 Å². The zero-order valence-electron chi connectivity index (χ0n) is 10.4. The smallest absolute Gasteiger partial charge is 0.241 e. The molecule has 0 aliphatic carbocycles. The lowest BCUT2D eigenvalue weighted by molar-refractivity contribution is 0.457. The van der Waals surface area contributed by atoms with Crippen molar-refractivity contribution in [1.29, 1.82) is 0 Å². The van der Waals surface area contributed by atoms with Crippen molar-refractivity contribution in [2.75, 3.05) is 6.54 Å². The highest BCUT2D eigenvalue weighted by atomic mass is 16.5. The van der Waals surface area contributed by atoms with Gasteiger partial charge in [0.1, 0.15) is 11.4 Å². The van der Waals surface area contributed by atoms with Crippen LogP contribution in [0.5, 0.6) is 11.6 Å². The van der Waals surface area contributed by atoms with Gasteiger partial charge in [-0.1, -0.05) is 6.07 Å². The molecular weight excluding hydrogens is 240 g/mol. The average molecular weight is 254 g/mol. The minimum absolute atomic E-state index is 0.548. The molecule has 0 radical (unpaired) electrons. The molecule has 0 atom stereocenters. The molecular formula is C14H14N4O. The van der Waals surface area contributed by atoms with Gasteiger partial charge in [0, 0.05) is 18.8 Å². The summed E-state index contributed by atoms with van der Waals surface area (Å²) in [6.45, 7) is 0.548. The van der Waals surface area contributed by atoms with E-state index in [4.69, 9.17) is 10.5 Å². The first-order valence-electron chi connectivity index (χ1n) is 6.12. The minimum Gasteiger partial charge on any atom is -0.436 e. The first-order chi connectivity index (χ1) is 9.38. The number of hydrogen-bond donors (Lipinski definition) is 1. The molecule has 0 amide bonds. The van der Waals surface area contributed by atoms with Gasteiger partial charge in [0.15, 0.2) is 0 Å². The standard InChI is InChI=1S/C14H14N4O/c15-7-6-12-14(19-11-4-3-8-16-10-11)17-13-5-1-2-9-18(12)13/h1-5,8-10H,6-7,15H2. The zero-order valence-corrected chi connectivity index (χ0v) is 10.4. The summed E-state index contributed by atoms with van der Waals surface area (Å²) in [6.07, 6.45) is 6.04. The molecule has 3 rings (SSSR count). The summed E-state index contributed by atoms with van der Waals surface area (Å²) < 4.78 is 7.80. The topological polar surface area (TPSA) is 65.4 Å². The molecule has 5 heteroatoms. The van der Waals surface area contributed by atoms with Crippen LogP contribution in [-0.2, 0) is 6.42 Å². The molecule has 0 aromatic carbocycles. The fourth-order valence-corrected chi connectivity index (χ4v) is 1.99. The van der Waals surface area contributed by atoms with Crippen LogP contribution in [0, 0.1) is 0 Å². The van der Waals surface area contributed by atoms with Crippen LogP contribution in [0.4, 0.5) is 0 Å². The van der Waals surface area contributed by atoms with Crippen molar-refractivity contribution in [1.82, 2.24) is 14.4 Å². The molecule has 19 heavy (non-hydrogen) atoms. The fourth-order valence-electron chi connectivity index (χ4n) is 1.99. The number of hydrogen-bond acceptors (Lipinski definition) is 4. The fraction of sp³-hybridized carbons (Fsp3) is 0.143. The maximum Gasteiger partial charge on any atom is 0.241 e. The SMILES string of the molecule is NCCc1c(Oc2cccnc2)nc2ccccn12. The Kier molecular flexibility index (Phi) is 3.12. The van der Waals surface area contributed by atoms with Gasteiger partial charge in [-0.2, -0.15) is 4.98 Å². The number of fused-ring (bicyclic) bond motifs is 1. The van der Waals surface area contributed by atoms with Crippen molar-refractivity contribution >= 4 is 5.65 Å². The molecule has 3 heterocycles. The van der Waals surface area contributed by atoms with Gasteiger partial charge in [-0.25, -0.2) is 0 Å². The summed E-state index contributed by atoms with van der Waals surface area (Å²) in [5.74, 6) is 1.26. The van der Waals surface area contributed by atoms with Crippen LogP contribution >= 0.6 is 0 Å². The first-order valence-corrected chi connectivity index (χ1v) is 6.12. The van der Waals surface area contributed by atoms with E-state index in [1.54, 1.807) is 12.4 Å². The largest absolute Gasteiger partial charge is 0.436 e. The Labute approximate surface area is 110 Å². The number of pyridine rings is 2. The van der Waals surface area contributed by atoms with Gasteiger partial charge in [-0.15, -0.1) is 0 Å². The zero-order chi connectivity index (χ0) is 13.1. The number of nitrogens with two attached hydrogens (primary N) is 1. The maximum absolute atomic E-state index is 5.80. The van der Waals surface area contributed by atoms with E-state index in [0.717, 1.165) is 11.3 Å². The van der Waals surface area contributed by atoms with Crippen LogP contribution in [0.15, 0.2) is 48.9 Å². The van der Waals surface area contributed by atoms with E-state index in [9.17, 15) is 0 Å². The molecule has 0 saturated heterocycles. The average Bonchev–Trinajstić information content (AvgIpc) is 2.79. The Morgan fingerprint density at radius 1 is 1.21 bits per heavy atom. The lowest BCUT2D eigenvalue weighted by atomic mass is 10.3. The second-order valence-corrected chi connectivity index (χ2v) is 4.12. The molecule has 0 bridgehead atoms. The van der Waals surface area contributed by atoms with E-state index in [1.165, 1.54) is 0 Å². The molecule has 5 nitrogen and oxygen atoms in total. The Balaban J connectivity index is 2.04. The van der Waals surface area contributed by atoms with Crippen LogP contribution in [0.2, 0.25) is 0 Å². The predicted molar refractivity (Wildman–Crippen MR) is 72.3 cm³/mol. The Morgan fingerprint density at radius 2 is 2.16 bits per heavy atom. The number of aromatic nitrogens is 3. The maximum atomic E-state index is 5.80. The number of nitrogens with zero attached hydrogens (tertiary/aromatic N) is 3. The van der Waals surface area contributed by atoms with E-state index in [-0.39, 0.29) is 0 Å². The lowest BCUT2D eigenvalue weighted by Crippen LogP contribution is -2.06. The Morgan fingerprint density at radius 3 is 2.95 bits per heavy atom. The third-order valence-corrected chi connectivity index (χ3v) is 2.82. The molecule has 0 fully saturated rings.